The van der Waals surface area contributed by atoms with Gasteiger partial charge in [0.1, 0.15) is 5.54 Å². The number of carbonyl (C=O) groups is 2. The van der Waals surface area contributed by atoms with E-state index in [0.29, 0.717) is 11.1 Å². The standard InChI is InChI=1S/C22H23N3O2/c1-21(2,3)17-10-8-15(9-11-17)14-25-19(26)22(4,24-20(25)27)18-7-5-6-16(12-18)13-23/h5-12H,14H2,1-4H3,(H,24,27). The number of imide groups is 1. The molecule has 5 heteroatoms. The van der Waals surface area contributed by atoms with Gasteiger partial charge in [0, 0.05) is 0 Å². The smallest absolute Gasteiger partial charge is 0.319 e. The Morgan fingerprint density at radius 3 is 2.37 bits per heavy atom. The molecule has 0 bridgehead atoms. The Hall–Kier alpha value is -3.13. The molecule has 2 aromatic carbocycles. The maximum Gasteiger partial charge on any atom is 0.325 e. The van der Waals surface area contributed by atoms with Gasteiger partial charge in [-0.15, -0.1) is 0 Å². The van der Waals surface area contributed by atoms with E-state index >= 15 is 0 Å². The van der Waals surface area contributed by atoms with Crippen LogP contribution in [0.2, 0.25) is 0 Å². The molecule has 1 saturated heterocycles. The summed E-state index contributed by atoms with van der Waals surface area (Å²) in [4.78, 5) is 26.7. The van der Waals surface area contributed by atoms with Crippen LogP contribution in [0.3, 0.4) is 0 Å². The molecule has 1 N–H and O–H groups in total. The van der Waals surface area contributed by atoms with Gasteiger partial charge in [-0.1, -0.05) is 57.2 Å². The van der Waals surface area contributed by atoms with Gasteiger partial charge in [0.05, 0.1) is 18.2 Å². The van der Waals surface area contributed by atoms with E-state index < -0.39 is 11.6 Å². The zero-order valence-electron chi connectivity index (χ0n) is 16.0. The van der Waals surface area contributed by atoms with E-state index in [0.717, 1.165) is 5.56 Å². The van der Waals surface area contributed by atoms with E-state index in [1.165, 1.54) is 10.5 Å². The van der Waals surface area contributed by atoms with Crippen LogP contribution in [-0.4, -0.2) is 16.8 Å². The van der Waals surface area contributed by atoms with E-state index in [2.05, 4.69) is 32.2 Å². The summed E-state index contributed by atoms with van der Waals surface area (Å²) in [6, 6.07) is 16.4. The molecule has 3 rings (SSSR count). The van der Waals surface area contributed by atoms with Crippen LogP contribution < -0.4 is 5.32 Å². The van der Waals surface area contributed by atoms with Gasteiger partial charge < -0.3 is 5.32 Å². The van der Waals surface area contributed by atoms with Gasteiger partial charge in [-0.05, 0) is 41.2 Å². The first-order chi connectivity index (χ1) is 12.6. The molecule has 138 valence electrons. The molecule has 1 fully saturated rings. The molecular formula is C22H23N3O2. The predicted molar refractivity (Wildman–Crippen MR) is 103 cm³/mol. The third-order valence-corrected chi connectivity index (χ3v) is 5.00. The second kappa shape index (κ2) is 6.55. The minimum atomic E-state index is -1.17. The second-order valence-electron chi connectivity index (χ2n) is 8.09. The fourth-order valence-corrected chi connectivity index (χ4v) is 3.23. The molecule has 1 aliphatic rings. The van der Waals surface area contributed by atoms with Crippen LogP contribution in [0.15, 0.2) is 48.5 Å². The molecule has 0 aromatic heterocycles. The maximum atomic E-state index is 13.0. The largest absolute Gasteiger partial charge is 0.325 e. The van der Waals surface area contributed by atoms with Crippen molar-refractivity contribution in [2.45, 2.75) is 45.2 Å². The van der Waals surface area contributed by atoms with Crippen LogP contribution in [-0.2, 0) is 22.3 Å². The van der Waals surface area contributed by atoms with E-state index in [-0.39, 0.29) is 17.9 Å². The van der Waals surface area contributed by atoms with E-state index in [4.69, 9.17) is 5.26 Å². The molecule has 3 amide bonds. The average molecular weight is 361 g/mol. The summed E-state index contributed by atoms with van der Waals surface area (Å²) in [7, 11) is 0. The Balaban J connectivity index is 1.85. The summed E-state index contributed by atoms with van der Waals surface area (Å²) in [5.41, 5.74) is 2.01. The highest BCUT2D eigenvalue weighted by Gasteiger charge is 2.48. The number of nitriles is 1. The summed E-state index contributed by atoms with van der Waals surface area (Å²) in [5, 5.41) is 11.9. The number of nitrogens with one attached hydrogen (secondary N) is 1. The SMILES string of the molecule is CC(C)(C)c1ccc(CN2C(=O)NC(C)(c3cccc(C#N)c3)C2=O)cc1. The van der Waals surface area contributed by atoms with Gasteiger partial charge in [-0.25, -0.2) is 4.79 Å². The molecular weight excluding hydrogens is 338 g/mol. The Bertz CT molecular complexity index is 935. The first-order valence-electron chi connectivity index (χ1n) is 8.89. The van der Waals surface area contributed by atoms with Gasteiger partial charge in [-0.2, -0.15) is 5.26 Å². The molecule has 27 heavy (non-hydrogen) atoms. The quantitative estimate of drug-likeness (QED) is 0.845. The number of amides is 3. The number of hydrogen-bond donors (Lipinski definition) is 1. The first kappa shape index (κ1) is 18.7. The van der Waals surface area contributed by atoms with Crippen molar-refractivity contribution in [1.82, 2.24) is 10.2 Å². The van der Waals surface area contributed by atoms with Crippen molar-refractivity contribution in [3.8, 4) is 6.07 Å². The fraction of sp³-hybridized carbons (Fsp3) is 0.318. The van der Waals surface area contributed by atoms with E-state index in [1.807, 2.05) is 24.3 Å². The topological polar surface area (TPSA) is 73.2 Å². The van der Waals surface area contributed by atoms with Crippen LogP contribution in [0, 0.1) is 11.3 Å². The number of hydrogen-bond acceptors (Lipinski definition) is 3. The summed E-state index contributed by atoms with van der Waals surface area (Å²) >= 11 is 0. The molecule has 0 spiro atoms. The highest BCUT2D eigenvalue weighted by atomic mass is 16.2. The molecule has 2 aromatic rings. The van der Waals surface area contributed by atoms with Crippen molar-refractivity contribution in [2.24, 2.45) is 0 Å². The molecule has 1 aliphatic heterocycles. The van der Waals surface area contributed by atoms with Crippen LogP contribution in [0.4, 0.5) is 4.79 Å². The van der Waals surface area contributed by atoms with Gasteiger partial charge in [0.15, 0.2) is 0 Å². The number of nitrogens with zero attached hydrogens (tertiary/aromatic N) is 2. The second-order valence-corrected chi connectivity index (χ2v) is 8.09. The minimum Gasteiger partial charge on any atom is -0.319 e. The van der Waals surface area contributed by atoms with Gasteiger partial charge in [0.2, 0.25) is 0 Å². The zero-order valence-corrected chi connectivity index (χ0v) is 16.0. The van der Waals surface area contributed by atoms with Crippen molar-refractivity contribution in [2.75, 3.05) is 0 Å². The van der Waals surface area contributed by atoms with Crippen LogP contribution >= 0.6 is 0 Å². The van der Waals surface area contributed by atoms with Crippen molar-refractivity contribution >= 4 is 11.9 Å². The lowest BCUT2D eigenvalue weighted by molar-refractivity contribution is -0.131. The van der Waals surface area contributed by atoms with Crippen LogP contribution in [0.1, 0.15) is 49.9 Å². The van der Waals surface area contributed by atoms with Gasteiger partial charge in [-0.3, -0.25) is 9.69 Å². The number of rotatable bonds is 3. The first-order valence-corrected chi connectivity index (χ1v) is 8.89. The number of benzene rings is 2. The van der Waals surface area contributed by atoms with Gasteiger partial charge in [0.25, 0.3) is 5.91 Å². The summed E-state index contributed by atoms with van der Waals surface area (Å²) in [6.45, 7) is 8.30. The van der Waals surface area contributed by atoms with Crippen LogP contribution in [0.25, 0.3) is 0 Å². The molecule has 0 radical (unpaired) electrons. The third-order valence-electron chi connectivity index (χ3n) is 5.00. The average Bonchev–Trinajstić information content (AvgIpc) is 2.85. The summed E-state index contributed by atoms with van der Waals surface area (Å²) in [5.74, 6) is -0.317. The fourth-order valence-electron chi connectivity index (χ4n) is 3.23. The lowest BCUT2D eigenvalue weighted by Crippen LogP contribution is -2.40. The monoisotopic (exact) mass is 361 g/mol. The Morgan fingerprint density at radius 2 is 1.78 bits per heavy atom. The zero-order chi connectivity index (χ0) is 19.8. The summed E-state index contributed by atoms with van der Waals surface area (Å²) in [6.07, 6.45) is 0. The normalized spacial score (nSPS) is 19.7. The van der Waals surface area contributed by atoms with Gasteiger partial charge >= 0.3 is 6.03 Å². The lowest BCUT2D eigenvalue weighted by atomic mass is 9.86. The third kappa shape index (κ3) is 3.43. The molecule has 5 nitrogen and oxygen atoms in total. The van der Waals surface area contributed by atoms with Crippen molar-refractivity contribution in [3.05, 3.63) is 70.8 Å². The molecule has 1 unspecified atom stereocenters. The van der Waals surface area contributed by atoms with Crippen molar-refractivity contribution < 1.29 is 9.59 Å². The molecule has 0 aliphatic carbocycles. The predicted octanol–water partition coefficient (Wildman–Crippen LogP) is 3.82. The molecule has 1 heterocycles. The van der Waals surface area contributed by atoms with Crippen LogP contribution in [0.5, 0.6) is 0 Å². The molecule has 1 atom stereocenters. The lowest BCUT2D eigenvalue weighted by Gasteiger charge is -2.23. The van der Waals surface area contributed by atoms with E-state index in [1.54, 1.807) is 31.2 Å². The highest BCUT2D eigenvalue weighted by Crippen LogP contribution is 2.30. The van der Waals surface area contributed by atoms with E-state index in [9.17, 15) is 9.59 Å². The molecule has 0 saturated carbocycles. The number of carbonyl (C=O) groups excluding carboxylic acids is 2. The number of urea groups is 1. The Labute approximate surface area is 159 Å². The highest BCUT2D eigenvalue weighted by molar-refractivity contribution is 6.07. The van der Waals surface area contributed by atoms with Crippen molar-refractivity contribution in [1.29, 1.82) is 5.26 Å². The minimum absolute atomic E-state index is 0.0453. The van der Waals surface area contributed by atoms with Crippen molar-refractivity contribution in [3.63, 3.8) is 0 Å². The Morgan fingerprint density at radius 1 is 1.11 bits per heavy atom. The Kier molecular flexibility index (Phi) is 4.52. The maximum absolute atomic E-state index is 13.0. The summed E-state index contributed by atoms with van der Waals surface area (Å²) < 4.78 is 0.